The molecular weight excluding hydrogens is 306 g/mol. The summed E-state index contributed by atoms with van der Waals surface area (Å²) in [5.74, 6) is 1.31. The second-order valence-electron chi connectivity index (χ2n) is 5.08. The maximum absolute atomic E-state index is 11.0. The highest BCUT2D eigenvalue weighted by atomic mass is 16.6. The topological polar surface area (TPSA) is 61.6 Å². The number of nitro benzene ring substituents is 1. The first-order valence-electron chi connectivity index (χ1n) is 7.40. The van der Waals surface area contributed by atoms with Crippen molar-refractivity contribution in [3.63, 3.8) is 0 Å². The highest BCUT2D eigenvalue weighted by Gasteiger charge is 2.14. The van der Waals surface area contributed by atoms with Crippen molar-refractivity contribution in [3.8, 4) is 17.2 Å². The lowest BCUT2D eigenvalue weighted by Gasteiger charge is -2.09. The van der Waals surface area contributed by atoms with Crippen molar-refractivity contribution in [3.05, 3.63) is 94.5 Å². The molecule has 0 saturated heterocycles. The number of hydrogen-bond acceptors (Lipinski definition) is 4. The van der Waals surface area contributed by atoms with Gasteiger partial charge in [0.05, 0.1) is 4.92 Å². The molecule has 3 rings (SSSR count). The van der Waals surface area contributed by atoms with E-state index in [1.807, 2.05) is 36.4 Å². The van der Waals surface area contributed by atoms with E-state index in [-0.39, 0.29) is 11.4 Å². The molecule has 0 N–H and O–H groups in total. The number of para-hydroxylation sites is 2. The van der Waals surface area contributed by atoms with Gasteiger partial charge in [-0.25, -0.2) is 0 Å². The predicted molar refractivity (Wildman–Crippen MR) is 90.4 cm³/mol. The Balaban J connectivity index is 1.73. The van der Waals surface area contributed by atoms with Crippen LogP contribution in [-0.2, 0) is 6.61 Å². The quantitative estimate of drug-likeness (QED) is 0.475. The predicted octanol–water partition coefficient (Wildman–Crippen LogP) is 4.97. The summed E-state index contributed by atoms with van der Waals surface area (Å²) >= 11 is 0. The van der Waals surface area contributed by atoms with Gasteiger partial charge < -0.3 is 9.47 Å². The van der Waals surface area contributed by atoms with E-state index in [2.05, 4.69) is 0 Å². The summed E-state index contributed by atoms with van der Waals surface area (Å²) in [6.07, 6.45) is 0. The Morgan fingerprint density at radius 3 is 2.33 bits per heavy atom. The van der Waals surface area contributed by atoms with Crippen LogP contribution in [0.5, 0.6) is 17.2 Å². The summed E-state index contributed by atoms with van der Waals surface area (Å²) in [5.41, 5.74) is 0.982. The third-order valence-electron chi connectivity index (χ3n) is 3.34. The fraction of sp³-hybridized carbons (Fsp3) is 0.0526. The molecule has 0 aromatic heterocycles. The summed E-state index contributed by atoms with van der Waals surface area (Å²) in [4.78, 5) is 10.6. The molecule has 3 aromatic rings. The van der Waals surface area contributed by atoms with E-state index in [4.69, 9.17) is 9.47 Å². The molecule has 0 fully saturated rings. The molecule has 0 aliphatic heterocycles. The minimum atomic E-state index is -0.467. The number of hydrogen-bond donors (Lipinski definition) is 0. The van der Waals surface area contributed by atoms with Crippen LogP contribution in [-0.4, -0.2) is 4.92 Å². The molecule has 0 bridgehead atoms. The first-order valence-corrected chi connectivity index (χ1v) is 7.40. The van der Waals surface area contributed by atoms with E-state index in [0.717, 1.165) is 5.56 Å². The fourth-order valence-electron chi connectivity index (χ4n) is 2.19. The van der Waals surface area contributed by atoms with Gasteiger partial charge in [-0.05, 0) is 23.8 Å². The molecule has 5 heteroatoms. The molecule has 120 valence electrons. The zero-order valence-electron chi connectivity index (χ0n) is 12.8. The number of nitrogens with zero attached hydrogens (tertiary/aromatic N) is 1. The Morgan fingerprint density at radius 2 is 1.54 bits per heavy atom. The number of rotatable bonds is 6. The van der Waals surface area contributed by atoms with Gasteiger partial charge in [-0.1, -0.05) is 48.5 Å². The first-order chi connectivity index (χ1) is 11.7. The first kappa shape index (κ1) is 15.6. The second-order valence-corrected chi connectivity index (χ2v) is 5.08. The third kappa shape index (κ3) is 3.89. The molecule has 0 atom stereocenters. The summed E-state index contributed by atoms with van der Waals surface area (Å²) in [6, 6.07) is 23.1. The van der Waals surface area contributed by atoms with Crippen molar-refractivity contribution in [1.29, 1.82) is 0 Å². The summed E-state index contributed by atoms with van der Waals surface area (Å²) in [6.45, 7) is 0.440. The highest BCUT2D eigenvalue weighted by Crippen LogP contribution is 2.32. The van der Waals surface area contributed by atoms with Crippen molar-refractivity contribution in [2.75, 3.05) is 0 Å². The van der Waals surface area contributed by atoms with E-state index in [1.54, 1.807) is 36.4 Å². The lowest BCUT2D eigenvalue weighted by molar-refractivity contribution is -0.385. The standard InChI is InChI=1S/C19H15NO4/c21-20(22)18-11-4-5-12-19(18)24-17-10-6-9-16(13-17)23-14-15-7-2-1-3-8-15/h1-13H,14H2. The van der Waals surface area contributed by atoms with E-state index in [0.29, 0.717) is 18.1 Å². The Hall–Kier alpha value is -3.34. The van der Waals surface area contributed by atoms with E-state index >= 15 is 0 Å². The van der Waals surface area contributed by atoms with Gasteiger partial charge in [0.2, 0.25) is 5.75 Å². The Bertz CT molecular complexity index is 834. The van der Waals surface area contributed by atoms with Gasteiger partial charge in [-0.3, -0.25) is 10.1 Å². The average Bonchev–Trinajstić information content (AvgIpc) is 2.61. The zero-order valence-corrected chi connectivity index (χ0v) is 12.8. The summed E-state index contributed by atoms with van der Waals surface area (Å²) < 4.78 is 11.4. The SMILES string of the molecule is O=[N+]([O-])c1ccccc1Oc1cccc(OCc2ccccc2)c1. The Morgan fingerprint density at radius 1 is 0.833 bits per heavy atom. The highest BCUT2D eigenvalue weighted by molar-refractivity contribution is 5.48. The van der Waals surface area contributed by atoms with Crippen molar-refractivity contribution in [1.82, 2.24) is 0 Å². The van der Waals surface area contributed by atoms with Gasteiger partial charge in [0.1, 0.15) is 18.1 Å². The summed E-state index contributed by atoms with van der Waals surface area (Å²) in [7, 11) is 0. The van der Waals surface area contributed by atoms with Crippen LogP contribution in [0.25, 0.3) is 0 Å². The normalized spacial score (nSPS) is 10.2. The van der Waals surface area contributed by atoms with Crippen molar-refractivity contribution >= 4 is 5.69 Å². The van der Waals surface area contributed by atoms with Crippen molar-refractivity contribution in [2.24, 2.45) is 0 Å². The Labute approximate surface area is 139 Å². The van der Waals surface area contributed by atoms with Crippen LogP contribution in [0.2, 0.25) is 0 Å². The lowest BCUT2D eigenvalue weighted by Crippen LogP contribution is -1.96. The molecule has 0 aliphatic rings. The largest absolute Gasteiger partial charge is 0.489 e. The number of benzene rings is 3. The second kappa shape index (κ2) is 7.28. The van der Waals surface area contributed by atoms with Gasteiger partial charge in [-0.15, -0.1) is 0 Å². The molecule has 0 heterocycles. The maximum Gasteiger partial charge on any atom is 0.311 e. The minimum Gasteiger partial charge on any atom is -0.489 e. The molecule has 0 aliphatic carbocycles. The van der Waals surface area contributed by atoms with E-state index < -0.39 is 4.92 Å². The van der Waals surface area contributed by atoms with Gasteiger partial charge in [-0.2, -0.15) is 0 Å². The fourth-order valence-corrected chi connectivity index (χ4v) is 2.19. The van der Waals surface area contributed by atoms with Crippen LogP contribution in [0.3, 0.4) is 0 Å². The molecule has 5 nitrogen and oxygen atoms in total. The van der Waals surface area contributed by atoms with Crippen LogP contribution in [0, 0.1) is 10.1 Å². The minimum absolute atomic E-state index is 0.0758. The van der Waals surface area contributed by atoms with Crippen molar-refractivity contribution < 1.29 is 14.4 Å². The molecule has 3 aromatic carbocycles. The van der Waals surface area contributed by atoms with Crippen molar-refractivity contribution in [2.45, 2.75) is 6.61 Å². The van der Waals surface area contributed by atoms with Crippen LogP contribution < -0.4 is 9.47 Å². The molecular formula is C19H15NO4. The Kier molecular flexibility index (Phi) is 4.72. The average molecular weight is 321 g/mol. The smallest absolute Gasteiger partial charge is 0.311 e. The van der Waals surface area contributed by atoms with Gasteiger partial charge >= 0.3 is 5.69 Å². The molecule has 24 heavy (non-hydrogen) atoms. The van der Waals surface area contributed by atoms with Crippen LogP contribution >= 0.6 is 0 Å². The lowest BCUT2D eigenvalue weighted by atomic mass is 10.2. The molecule has 0 amide bonds. The molecule has 0 spiro atoms. The maximum atomic E-state index is 11.0. The summed E-state index contributed by atoms with van der Waals surface area (Å²) in [5, 5.41) is 11.0. The van der Waals surface area contributed by atoms with Gasteiger partial charge in [0.15, 0.2) is 0 Å². The molecule has 0 saturated carbocycles. The van der Waals surface area contributed by atoms with Crippen LogP contribution in [0.15, 0.2) is 78.9 Å². The van der Waals surface area contributed by atoms with E-state index in [1.165, 1.54) is 6.07 Å². The van der Waals surface area contributed by atoms with Crippen LogP contribution in [0.4, 0.5) is 5.69 Å². The zero-order chi connectivity index (χ0) is 16.8. The van der Waals surface area contributed by atoms with Gasteiger partial charge in [0, 0.05) is 12.1 Å². The van der Waals surface area contributed by atoms with Gasteiger partial charge in [0.25, 0.3) is 0 Å². The van der Waals surface area contributed by atoms with E-state index in [9.17, 15) is 10.1 Å². The number of ether oxygens (including phenoxy) is 2. The van der Waals surface area contributed by atoms with Crippen LogP contribution in [0.1, 0.15) is 5.56 Å². The monoisotopic (exact) mass is 321 g/mol. The molecule has 0 unspecified atom stereocenters. The third-order valence-corrected chi connectivity index (χ3v) is 3.34. The molecule has 0 radical (unpaired) electrons. The number of nitro groups is 1.